The van der Waals surface area contributed by atoms with Gasteiger partial charge in [-0.1, -0.05) is 12.1 Å². The van der Waals surface area contributed by atoms with Crippen molar-refractivity contribution in [2.45, 2.75) is 25.6 Å². The molecule has 1 aliphatic heterocycles. The van der Waals surface area contributed by atoms with Gasteiger partial charge in [-0.25, -0.2) is 0 Å². The first-order valence-corrected chi connectivity index (χ1v) is 8.65. The van der Waals surface area contributed by atoms with Crippen molar-refractivity contribution in [3.8, 4) is 0 Å². The topological polar surface area (TPSA) is 40.1 Å². The molecule has 0 fully saturated rings. The van der Waals surface area contributed by atoms with Gasteiger partial charge in [-0.2, -0.15) is 5.10 Å². The summed E-state index contributed by atoms with van der Waals surface area (Å²) in [6, 6.07) is 11.3. The normalized spacial score (nSPS) is 18.4. The highest BCUT2D eigenvalue weighted by atomic mass is 15.4. The SMILES string of the molecule is CN(C)CC[C@@H]1CN(Cc2cccc3[nH]ccc23)Cc2ccnn21. The van der Waals surface area contributed by atoms with Crippen LogP contribution in [0, 0.1) is 0 Å². The molecule has 5 nitrogen and oxygen atoms in total. The molecule has 0 aliphatic carbocycles. The van der Waals surface area contributed by atoms with Gasteiger partial charge in [0.1, 0.15) is 0 Å². The Kier molecular flexibility index (Phi) is 4.12. The molecule has 3 aromatic rings. The molecule has 1 atom stereocenters. The molecule has 1 aliphatic rings. The molecule has 5 heteroatoms. The average Bonchev–Trinajstić information content (AvgIpc) is 3.21. The maximum absolute atomic E-state index is 4.57. The van der Waals surface area contributed by atoms with Crippen LogP contribution in [-0.2, 0) is 13.1 Å². The first-order chi connectivity index (χ1) is 11.7. The predicted molar refractivity (Wildman–Crippen MR) is 96.8 cm³/mol. The van der Waals surface area contributed by atoms with E-state index in [4.69, 9.17) is 0 Å². The van der Waals surface area contributed by atoms with Crippen LogP contribution in [0.2, 0.25) is 0 Å². The fraction of sp³-hybridized carbons (Fsp3) is 0.421. The molecule has 4 rings (SSSR count). The molecule has 24 heavy (non-hydrogen) atoms. The predicted octanol–water partition coefficient (Wildman–Crippen LogP) is 2.87. The van der Waals surface area contributed by atoms with Crippen LogP contribution < -0.4 is 0 Å². The van der Waals surface area contributed by atoms with Gasteiger partial charge < -0.3 is 9.88 Å². The molecule has 0 radical (unpaired) electrons. The lowest BCUT2D eigenvalue weighted by Crippen LogP contribution is -2.38. The summed E-state index contributed by atoms with van der Waals surface area (Å²) < 4.78 is 2.23. The molecule has 1 aromatic carbocycles. The largest absolute Gasteiger partial charge is 0.361 e. The van der Waals surface area contributed by atoms with E-state index < -0.39 is 0 Å². The van der Waals surface area contributed by atoms with E-state index >= 15 is 0 Å². The van der Waals surface area contributed by atoms with Gasteiger partial charge in [-0.05, 0) is 50.8 Å². The minimum atomic E-state index is 0.455. The molecule has 3 heterocycles. The standard InChI is InChI=1S/C19H25N5/c1-22(2)11-8-17-14-23(13-16-6-10-21-24(16)17)12-15-4-3-5-19-18(15)7-9-20-19/h3-7,9-10,17,20H,8,11-14H2,1-2H3/t17-/m1/s1. The molecule has 0 spiro atoms. The lowest BCUT2D eigenvalue weighted by Gasteiger charge is -2.34. The Labute approximate surface area is 142 Å². The molecule has 0 saturated carbocycles. The van der Waals surface area contributed by atoms with E-state index in [1.807, 2.05) is 12.4 Å². The van der Waals surface area contributed by atoms with E-state index in [9.17, 15) is 0 Å². The van der Waals surface area contributed by atoms with Crippen molar-refractivity contribution in [2.24, 2.45) is 0 Å². The fourth-order valence-corrected chi connectivity index (χ4v) is 3.74. The summed E-state index contributed by atoms with van der Waals surface area (Å²) in [4.78, 5) is 8.12. The van der Waals surface area contributed by atoms with Crippen LogP contribution in [0.1, 0.15) is 23.7 Å². The van der Waals surface area contributed by atoms with E-state index in [1.165, 1.54) is 22.2 Å². The molecule has 2 aromatic heterocycles. The van der Waals surface area contributed by atoms with Gasteiger partial charge >= 0.3 is 0 Å². The van der Waals surface area contributed by atoms with Gasteiger partial charge in [0.25, 0.3) is 0 Å². The summed E-state index contributed by atoms with van der Waals surface area (Å²) in [6.07, 6.45) is 5.10. The summed E-state index contributed by atoms with van der Waals surface area (Å²) in [7, 11) is 4.27. The number of hydrogen-bond acceptors (Lipinski definition) is 3. The number of aromatic amines is 1. The number of hydrogen-bond donors (Lipinski definition) is 1. The van der Waals surface area contributed by atoms with Crippen LogP contribution in [0.4, 0.5) is 0 Å². The van der Waals surface area contributed by atoms with Gasteiger partial charge in [-0.15, -0.1) is 0 Å². The maximum atomic E-state index is 4.57. The van der Waals surface area contributed by atoms with Crippen molar-refractivity contribution < 1.29 is 0 Å². The second-order valence-corrected chi connectivity index (χ2v) is 7.04. The zero-order valence-corrected chi connectivity index (χ0v) is 14.4. The van der Waals surface area contributed by atoms with Crippen LogP contribution in [0.25, 0.3) is 10.9 Å². The molecule has 0 bridgehead atoms. The lowest BCUT2D eigenvalue weighted by molar-refractivity contribution is 0.155. The van der Waals surface area contributed by atoms with Crippen molar-refractivity contribution in [1.82, 2.24) is 24.6 Å². The van der Waals surface area contributed by atoms with Gasteiger partial charge in [-0.3, -0.25) is 9.58 Å². The summed E-state index contributed by atoms with van der Waals surface area (Å²) >= 11 is 0. The molecular weight excluding hydrogens is 298 g/mol. The highest BCUT2D eigenvalue weighted by molar-refractivity contribution is 5.82. The number of fused-ring (bicyclic) bond motifs is 2. The van der Waals surface area contributed by atoms with Gasteiger partial charge in [0, 0.05) is 42.9 Å². The zero-order valence-electron chi connectivity index (χ0n) is 14.4. The third-order valence-electron chi connectivity index (χ3n) is 4.94. The molecule has 1 N–H and O–H groups in total. The summed E-state index contributed by atoms with van der Waals surface area (Å²) in [6.45, 7) is 4.10. The summed E-state index contributed by atoms with van der Waals surface area (Å²) in [5.74, 6) is 0. The third-order valence-corrected chi connectivity index (χ3v) is 4.94. The second kappa shape index (κ2) is 6.42. The Morgan fingerprint density at radius 3 is 3.04 bits per heavy atom. The Balaban J connectivity index is 1.55. The molecular formula is C19H25N5. The van der Waals surface area contributed by atoms with Crippen LogP contribution in [0.15, 0.2) is 42.7 Å². The van der Waals surface area contributed by atoms with E-state index in [0.717, 1.165) is 32.6 Å². The van der Waals surface area contributed by atoms with Gasteiger partial charge in [0.2, 0.25) is 0 Å². The Morgan fingerprint density at radius 1 is 1.25 bits per heavy atom. The minimum absolute atomic E-state index is 0.455. The van der Waals surface area contributed by atoms with Crippen LogP contribution in [0.3, 0.4) is 0 Å². The van der Waals surface area contributed by atoms with Crippen molar-refractivity contribution in [1.29, 1.82) is 0 Å². The maximum Gasteiger partial charge on any atom is 0.0662 e. The Bertz CT molecular complexity index is 816. The quantitative estimate of drug-likeness (QED) is 0.785. The summed E-state index contributed by atoms with van der Waals surface area (Å²) in [5, 5.41) is 5.90. The van der Waals surface area contributed by atoms with Crippen LogP contribution in [0.5, 0.6) is 0 Å². The average molecular weight is 323 g/mol. The molecule has 0 unspecified atom stereocenters. The number of benzene rings is 1. The lowest BCUT2D eigenvalue weighted by atomic mass is 10.1. The van der Waals surface area contributed by atoms with E-state index in [0.29, 0.717) is 6.04 Å². The van der Waals surface area contributed by atoms with Crippen molar-refractivity contribution in [3.05, 3.63) is 54.0 Å². The van der Waals surface area contributed by atoms with Gasteiger partial charge in [0.05, 0.1) is 11.7 Å². The molecule has 126 valence electrons. The third kappa shape index (κ3) is 2.97. The fourth-order valence-electron chi connectivity index (χ4n) is 3.74. The highest BCUT2D eigenvalue weighted by Crippen LogP contribution is 2.26. The van der Waals surface area contributed by atoms with Crippen LogP contribution in [-0.4, -0.2) is 51.7 Å². The van der Waals surface area contributed by atoms with E-state index in [-0.39, 0.29) is 0 Å². The smallest absolute Gasteiger partial charge is 0.0662 e. The number of H-pyrrole nitrogens is 1. The van der Waals surface area contributed by atoms with Gasteiger partial charge in [0.15, 0.2) is 0 Å². The van der Waals surface area contributed by atoms with E-state index in [1.54, 1.807) is 0 Å². The van der Waals surface area contributed by atoms with Crippen molar-refractivity contribution >= 4 is 10.9 Å². The summed E-state index contributed by atoms with van der Waals surface area (Å²) in [5.41, 5.74) is 3.94. The first kappa shape index (κ1) is 15.4. The monoisotopic (exact) mass is 323 g/mol. The minimum Gasteiger partial charge on any atom is -0.361 e. The number of nitrogens with one attached hydrogen (secondary N) is 1. The zero-order chi connectivity index (χ0) is 16.5. The van der Waals surface area contributed by atoms with E-state index in [2.05, 4.69) is 69.0 Å². The van der Waals surface area contributed by atoms with Crippen molar-refractivity contribution in [3.63, 3.8) is 0 Å². The number of nitrogens with zero attached hydrogens (tertiary/aromatic N) is 4. The number of aromatic nitrogens is 3. The second-order valence-electron chi connectivity index (χ2n) is 7.04. The van der Waals surface area contributed by atoms with Crippen molar-refractivity contribution in [2.75, 3.05) is 27.2 Å². The Morgan fingerprint density at radius 2 is 2.17 bits per heavy atom. The number of rotatable bonds is 5. The molecule has 0 amide bonds. The Hall–Kier alpha value is -2.11. The van der Waals surface area contributed by atoms with Crippen LogP contribution >= 0.6 is 0 Å². The first-order valence-electron chi connectivity index (χ1n) is 8.65. The molecule has 0 saturated heterocycles. The highest BCUT2D eigenvalue weighted by Gasteiger charge is 2.25.